The first-order chi connectivity index (χ1) is 12.7. The van der Waals surface area contributed by atoms with Crippen molar-refractivity contribution in [1.29, 1.82) is 0 Å². The van der Waals surface area contributed by atoms with E-state index in [0.29, 0.717) is 0 Å². The molecule has 26 heavy (non-hydrogen) atoms. The summed E-state index contributed by atoms with van der Waals surface area (Å²) in [5, 5.41) is 13.3. The number of thioether (sulfide) groups is 1. The Labute approximate surface area is 163 Å². The maximum absolute atomic E-state index is 5.89. The Balaban J connectivity index is 1.51. The van der Waals surface area contributed by atoms with Gasteiger partial charge >= 0.3 is 0 Å². The number of nitrogens with zero attached hydrogens (tertiary/aromatic N) is 5. The third-order valence-corrected chi connectivity index (χ3v) is 7.01. The SMILES string of the molecule is Cc1nc(CSc2nnc(N3CCC(C)CC3)n2CC2CCCO2)cs1. The lowest BCUT2D eigenvalue weighted by Gasteiger charge is -2.31. The van der Waals surface area contributed by atoms with Crippen molar-refractivity contribution in [2.24, 2.45) is 5.92 Å². The van der Waals surface area contributed by atoms with Crippen molar-refractivity contribution in [2.75, 3.05) is 24.6 Å². The van der Waals surface area contributed by atoms with Gasteiger partial charge in [0.2, 0.25) is 5.95 Å². The third kappa shape index (κ3) is 4.23. The number of aryl methyl sites for hydroxylation is 1. The van der Waals surface area contributed by atoms with Crippen molar-refractivity contribution in [3.05, 3.63) is 16.1 Å². The Morgan fingerprint density at radius 1 is 1.27 bits per heavy atom. The Morgan fingerprint density at radius 2 is 2.12 bits per heavy atom. The van der Waals surface area contributed by atoms with Crippen LogP contribution in [0.25, 0.3) is 0 Å². The summed E-state index contributed by atoms with van der Waals surface area (Å²) in [6, 6.07) is 0. The molecule has 0 N–H and O–H groups in total. The zero-order valence-electron chi connectivity index (χ0n) is 15.6. The summed E-state index contributed by atoms with van der Waals surface area (Å²) in [6.07, 6.45) is 5.03. The first-order valence-electron chi connectivity index (χ1n) is 9.52. The Morgan fingerprint density at radius 3 is 2.81 bits per heavy atom. The number of thiazole rings is 1. The molecule has 1 unspecified atom stereocenters. The second-order valence-electron chi connectivity index (χ2n) is 7.34. The highest BCUT2D eigenvalue weighted by Gasteiger charge is 2.26. The largest absolute Gasteiger partial charge is 0.376 e. The van der Waals surface area contributed by atoms with Gasteiger partial charge in [0.15, 0.2) is 5.16 Å². The predicted octanol–water partition coefficient (Wildman–Crippen LogP) is 3.75. The predicted molar refractivity (Wildman–Crippen MR) is 106 cm³/mol. The van der Waals surface area contributed by atoms with E-state index in [9.17, 15) is 0 Å². The topological polar surface area (TPSA) is 56.1 Å². The fraction of sp³-hybridized carbons (Fsp3) is 0.722. The molecule has 2 fully saturated rings. The molecule has 6 nitrogen and oxygen atoms in total. The van der Waals surface area contributed by atoms with Crippen LogP contribution in [0.1, 0.15) is 43.3 Å². The van der Waals surface area contributed by atoms with Crippen LogP contribution in [0.4, 0.5) is 5.95 Å². The first kappa shape index (κ1) is 18.3. The quantitative estimate of drug-likeness (QED) is 0.697. The number of hydrogen-bond acceptors (Lipinski definition) is 7. The van der Waals surface area contributed by atoms with Gasteiger partial charge in [-0.1, -0.05) is 18.7 Å². The maximum atomic E-state index is 5.89. The van der Waals surface area contributed by atoms with Gasteiger partial charge in [0.05, 0.1) is 23.4 Å². The summed E-state index contributed by atoms with van der Waals surface area (Å²) >= 11 is 3.44. The molecule has 0 aliphatic carbocycles. The van der Waals surface area contributed by atoms with E-state index < -0.39 is 0 Å². The minimum absolute atomic E-state index is 0.286. The van der Waals surface area contributed by atoms with Gasteiger partial charge in [0.1, 0.15) is 0 Å². The molecule has 4 rings (SSSR count). The van der Waals surface area contributed by atoms with Gasteiger partial charge in [-0.05, 0) is 38.5 Å². The van der Waals surface area contributed by atoms with Crippen molar-refractivity contribution in [1.82, 2.24) is 19.7 Å². The second-order valence-corrected chi connectivity index (χ2v) is 9.35. The van der Waals surface area contributed by atoms with Crippen LogP contribution >= 0.6 is 23.1 Å². The fourth-order valence-corrected chi connectivity index (χ4v) is 5.15. The number of ether oxygens (including phenoxy) is 1. The molecule has 1 atom stereocenters. The van der Waals surface area contributed by atoms with E-state index in [1.165, 1.54) is 12.8 Å². The summed E-state index contributed by atoms with van der Waals surface area (Å²) in [4.78, 5) is 6.97. The molecule has 4 heterocycles. The fourth-order valence-electron chi connectivity index (χ4n) is 3.60. The lowest BCUT2D eigenvalue weighted by Crippen LogP contribution is -2.35. The third-order valence-electron chi connectivity index (χ3n) is 5.19. The highest BCUT2D eigenvalue weighted by atomic mass is 32.2. The highest BCUT2D eigenvalue weighted by molar-refractivity contribution is 7.98. The van der Waals surface area contributed by atoms with Gasteiger partial charge < -0.3 is 9.64 Å². The molecule has 0 spiro atoms. The van der Waals surface area contributed by atoms with Crippen molar-refractivity contribution in [3.63, 3.8) is 0 Å². The normalized spacial score (nSPS) is 21.6. The maximum Gasteiger partial charge on any atom is 0.228 e. The molecule has 0 radical (unpaired) electrons. The van der Waals surface area contributed by atoms with Crippen LogP contribution in [0, 0.1) is 12.8 Å². The molecule has 2 aromatic heterocycles. The van der Waals surface area contributed by atoms with Gasteiger partial charge in [-0.15, -0.1) is 21.5 Å². The zero-order chi connectivity index (χ0) is 17.9. The molecule has 2 aromatic rings. The van der Waals surface area contributed by atoms with Crippen molar-refractivity contribution < 1.29 is 4.74 Å². The molecule has 2 aliphatic rings. The van der Waals surface area contributed by atoms with Crippen molar-refractivity contribution in [3.8, 4) is 0 Å². The van der Waals surface area contributed by atoms with E-state index in [-0.39, 0.29) is 6.10 Å². The van der Waals surface area contributed by atoms with Crippen LogP contribution in [0.2, 0.25) is 0 Å². The Hall–Kier alpha value is -1.12. The number of piperidine rings is 1. The molecule has 2 aliphatic heterocycles. The molecular weight excluding hydrogens is 366 g/mol. The Kier molecular flexibility index (Phi) is 5.81. The lowest BCUT2D eigenvalue weighted by molar-refractivity contribution is 0.0951. The Bertz CT molecular complexity index is 717. The average molecular weight is 394 g/mol. The zero-order valence-corrected chi connectivity index (χ0v) is 17.2. The summed E-state index contributed by atoms with van der Waals surface area (Å²) in [7, 11) is 0. The van der Waals surface area contributed by atoms with E-state index in [4.69, 9.17) is 4.74 Å². The second kappa shape index (κ2) is 8.27. The lowest BCUT2D eigenvalue weighted by atomic mass is 10.00. The minimum Gasteiger partial charge on any atom is -0.376 e. The smallest absolute Gasteiger partial charge is 0.228 e. The van der Waals surface area contributed by atoms with Crippen LogP contribution in [0.15, 0.2) is 10.5 Å². The summed E-state index contributed by atoms with van der Waals surface area (Å²) in [6.45, 7) is 8.26. The average Bonchev–Trinajstić information content (AvgIpc) is 3.37. The van der Waals surface area contributed by atoms with Crippen molar-refractivity contribution in [2.45, 2.75) is 63.1 Å². The molecule has 0 bridgehead atoms. The van der Waals surface area contributed by atoms with E-state index in [1.54, 1.807) is 23.1 Å². The standard InChI is InChI=1S/C18H27N5OS2/c1-13-5-7-22(8-6-13)17-20-21-18(23(17)10-16-4-3-9-24-16)26-12-15-11-25-14(2)19-15/h11,13,16H,3-10,12H2,1-2H3. The number of rotatable bonds is 6. The van der Waals surface area contributed by atoms with E-state index >= 15 is 0 Å². The van der Waals surface area contributed by atoms with Crippen LogP contribution in [-0.2, 0) is 17.0 Å². The van der Waals surface area contributed by atoms with Crippen LogP contribution in [0.3, 0.4) is 0 Å². The molecule has 142 valence electrons. The highest BCUT2D eigenvalue weighted by Crippen LogP contribution is 2.29. The molecule has 0 saturated carbocycles. The molecule has 2 saturated heterocycles. The van der Waals surface area contributed by atoms with Crippen LogP contribution in [-0.4, -0.2) is 45.5 Å². The van der Waals surface area contributed by atoms with E-state index in [2.05, 4.69) is 37.0 Å². The monoisotopic (exact) mass is 393 g/mol. The molecule has 8 heteroatoms. The minimum atomic E-state index is 0.286. The molecule has 0 amide bonds. The van der Waals surface area contributed by atoms with Gasteiger partial charge in [0, 0.05) is 30.8 Å². The van der Waals surface area contributed by atoms with E-state index in [1.807, 2.05) is 6.92 Å². The van der Waals surface area contributed by atoms with Crippen molar-refractivity contribution >= 4 is 29.0 Å². The van der Waals surface area contributed by atoms with Gasteiger partial charge in [0.25, 0.3) is 0 Å². The van der Waals surface area contributed by atoms with Crippen LogP contribution < -0.4 is 4.90 Å². The molecular formula is C18H27N5OS2. The van der Waals surface area contributed by atoms with E-state index in [0.717, 1.165) is 72.6 Å². The number of anilines is 1. The number of hydrogen-bond donors (Lipinski definition) is 0. The first-order valence-corrected chi connectivity index (χ1v) is 11.4. The summed E-state index contributed by atoms with van der Waals surface area (Å²) < 4.78 is 8.18. The summed E-state index contributed by atoms with van der Waals surface area (Å²) in [5.41, 5.74) is 1.12. The van der Waals surface area contributed by atoms with Gasteiger partial charge in [-0.3, -0.25) is 4.57 Å². The van der Waals surface area contributed by atoms with Gasteiger partial charge in [-0.25, -0.2) is 4.98 Å². The van der Waals surface area contributed by atoms with Gasteiger partial charge in [-0.2, -0.15) is 0 Å². The molecule has 0 aromatic carbocycles. The summed E-state index contributed by atoms with van der Waals surface area (Å²) in [5.74, 6) is 2.66. The van der Waals surface area contributed by atoms with Crippen LogP contribution in [0.5, 0.6) is 0 Å². The number of aromatic nitrogens is 4.